The van der Waals surface area contributed by atoms with Crippen molar-refractivity contribution >= 4 is 23.0 Å². The highest BCUT2D eigenvalue weighted by atomic mass is 16.2. The fourth-order valence-corrected chi connectivity index (χ4v) is 3.62. The van der Waals surface area contributed by atoms with E-state index in [9.17, 15) is 4.79 Å². The molecule has 1 amide bonds. The molecule has 0 bridgehead atoms. The molecule has 2 aliphatic rings. The van der Waals surface area contributed by atoms with Crippen molar-refractivity contribution in [1.82, 2.24) is 0 Å². The molecule has 0 radical (unpaired) electrons. The van der Waals surface area contributed by atoms with Crippen LogP contribution in [0.5, 0.6) is 0 Å². The summed E-state index contributed by atoms with van der Waals surface area (Å²) in [5.41, 5.74) is 7.02. The predicted molar refractivity (Wildman–Crippen MR) is 93.6 cm³/mol. The smallest absolute Gasteiger partial charge is 0.236 e. The summed E-state index contributed by atoms with van der Waals surface area (Å²) in [6.45, 7) is 6.28. The van der Waals surface area contributed by atoms with Crippen molar-refractivity contribution in [3.05, 3.63) is 58.7 Å². The zero-order chi connectivity index (χ0) is 16.2. The number of anilines is 1. The van der Waals surface area contributed by atoms with E-state index in [1.54, 1.807) is 0 Å². The predicted octanol–water partition coefficient (Wildman–Crippen LogP) is 4.46. The molecule has 116 valence electrons. The number of para-hydroxylation sites is 1. The quantitative estimate of drug-likeness (QED) is 0.830. The van der Waals surface area contributed by atoms with E-state index < -0.39 is 5.41 Å². The third-order valence-electron chi connectivity index (χ3n) is 4.93. The summed E-state index contributed by atoms with van der Waals surface area (Å²) in [7, 11) is 0. The van der Waals surface area contributed by atoms with Crippen LogP contribution < -0.4 is 5.32 Å². The Labute approximate surface area is 136 Å². The molecule has 3 heteroatoms. The molecule has 3 nitrogen and oxygen atoms in total. The maximum Gasteiger partial charge on any atom is 0.236 e. The van der Waals surface area contributed by atoms with Crippen LogP contribution in [0.2, 0.25) is 0 Å². The lowest BCUT2D eigenvalue weighted by Crippen LogP contribution is -2.37. The van der Waals surface area contributed by atoms with Crippen molar-refractivity contribution < 1.29 is 4.79 Å². The topological polar surface area (TPSA) is 41.5 Å². The molecule has 1 aliphatic heterocycles. The Morgan fingerprint density at radius 2 is 1.70 bits per heavy atom. The number of nitrogens with zero attached hydrogens (tertiary/aromatic N) is 1. The van der Waals surface area contributed by atoms with E-state index in [4.69, 9.17) is 4.99 Å². The molecule has 1 spiro atoms. The summed E-state index contributed by atoms with van der Waals surface area (Å²) in [6.07, 6.45) is 1.77. The van der Waals surface area contributed by atoms with Gasteiger partial charge < -0.3 is 5.32 Å². The number of fused-ring (bicyclic) bond motifs is 1. The normalized spacial score (nSPS) is 19.6. The largest absolute Gasteiger partial charge is 0.325 e. The first-order valence-corrected chi connectivity index (χ1v) is 8.09. The first-order valence-electron chi connectivity index (χ1n) is 8.09. The average molecular weight is 304 g/mol. The minimum atomic E-state index is -0.419. The number of aliphatic imine (C=N–C) groups is 1. The molecular formula is C20H20N2O. The number of benzene rings is 2. The van der Waals surface area contributed by atoms with Gasteiger partial charge in [0.05, 0.1) is 16.8 Å². The second kappa shape index (κ2) is 4.79. The molecule has 0 saturated heterocycles. The van der Waals surface area contributed by atoms with Crippen molar-refractivity contribution in [2.75, 3.05) is 5.32 Å². The molecule has 2 aromatic carbocycles. The van der Waals surface area contributed by atoms with Crippen LogP contribution in [0, 0.1) is 26.2 Å². The number of carbonyl (C=O) groups is 1. The van der Waals surface area contributed by atoms with Crippen LogP contribution in [-0.2, 0) is 4.79 Å². The van der Waals surface area contributed by atoms with Crippen molar-refractivity contribution in [2.24, 2.45) is 10.4 Å². The van der Waals surface area contributed by atoms with Crippen molar-refractivity contribution in [2.45, 2.75) is 33.6 Å². The standard InChI is InChI=1S/C20H20N2O/c1-12-10-13(2)17(14(3)11-12)22-18-15-6-4-5-7-16(15)21-19(23)20(18)8-9-20/h4-7,10-11H,8-9H2,1-3H3,(H,21,23). The van der Waals surface area contributed by atoms with Crippen LogP contribution in [-0.4, -0.2) is 11.6 Å². The average Bonchev–Trinajstić information content (AvgIpc) is 3.28. The zero-order valence-corrected chi connectivity index (χ0v) is 13.7. The molecule has 0 unspecified atom stereocenters. The van der Waals surface area contributed by atoms with E-state index in [2.05, 4.69) is 44.3 Å². The molecule has 1 N–H and O–H groups in total. The van der Waals surface area contributed by atoms with Crippen molar-refractivity contribution in [1.29, 1.82) is 0 Å². The Morgan fingerprint density at radius 1 is 1.04 bits per heavy atom. The fourth-order valence-electron chi connectivity index (χ4n) is 3.62. The Kier molecular flexibility index (Phi) is 2.95. The number of carbonyl (C=O) groups excluding carboxylic acids is 1. The Morgan fingerprint density at radius 3 is 2.35 bits per heavy atom. The summed E-state index contributed by atoms with van der Waals surface area (Å²) in [5, 5.41) is 3.05. The highest BCUT2D eigenvalue weighted by Gasteiger charge is 2.57. The first-order chi connectivity index (χ1) is 11.0. The summed E-state index contributed by atoms with van der Waals surface area (Å²) >= 11 is 0. The van der Waals surface area contributed by atoms with Crippen LogP contribution in [0.25, 0.3) is 0 Å². The molecule has 1 heterocycles. The Bertz CT molecular complexity index is 837. The third-order valence-corrected chi connectivity index (χ3v) is 4.93. The lowest BCUT2D eigenvalue weighted by molar-refractivity contribution is -0.119. The Balaban J connectivity index is 1.95. The first kappa shape index (κ1) is 14.2. The van der Waals surface area contributed by atoms with Gasteiger partial charge in [-0.1, -0.05) is 35.9 Å². The molecule has 0 atom stereocenters. The minimum absolute atomic E-state index is 0.0948. The lowest BCUT2D eigenvalue weighted by Gasteiger charge is -2.27. The summed E-state index contributed by atoms with van der Waals surface area (Å²) in [4.78, 5) is 17.6. The minimum Gasteiger partial charge on any atom is -0.325 e. The third kappa shape index (κ3) is 2.11. The van der Waals surface area contributed by atoms with Gasteiger partial charge in [0.1, 0.15) is 0 Å². The molecule has 4 rings (SSSR count). The zero-order valence-electron chi connectivity index (χ0n) is 13.7. The van der Waals surface area contributed by atoms with Gasteiger partial charge >= 0.3 is 0 Å². The molecule has 1 saturated carbocycles. The summed E-state index contributed by atoms with van der Waals surface area (Å²) in [6, 6.07) is 12.3. The maximum absolute atomic E-state index is 12.6. The number of hydrogen-bond acceptors (Lipinski definition) is 2. The van der Waals surface area contributed by atoms with Gasteiger partial charge in [0.2, 0.25) is 5.91 Å². The second-order valence-corrected chi connectivity index (χ2v) is 6.79. The number of amides is 1. The van der Waals surface area contributed by atoms with Crippen molar-refractivity contribution in [3.8, 4) is 0 Å². The molecular weight excluding hydrogens is 284 g/mol. The van der Waals surface area contributed by atoms with Gasteiger partial charge in [-0.2, -0.15) is 0 Å². The van der Waals surface area contributed by atoms with Crippen LogP contribution in [0.3, 0.4) is 0 Å². The number of aryl methyl sites for hydroxylation is 3. The summed E-state index contributed by atoms with van der Waals surface area (Å²) < 4.78 is 0. The van der Waals surface area contributed by atoms with Gasteiger partial charge in [-0.05, 0) is 50.8 Å². The van der Waals surface area contributed by atoms with Gasteiger partial charge in [0.25, 0.3) is 0 Å². The molecule has 2 aromatic rings. The maximum atomic E-state index is 12.6. The number of hydrogen-bond donors (Lipinski definition) is 1. The lowest BCUT2D eigenvalue weighted by atomic mass is 9.87. The molecule has 1 aliphatic carbocycles. The van der Waals surface area contributed by atoms with Gasteiger partial charge in [-0.3, -0.25) is 9.79 Å². The van der Waals surface area contributed by atoms with Gasteiger partial charge in [-0.15, -0.1) is 0 Å². The SMILES string of the molecule is Cc1cc(C)c(N=C2c3ccccc3NC(=O)C23CC3)c(C)c1. The molecule has 1 fully saturated rings. The number of rotatable bonds is 1. The Hall–Kier alpha value is -2.42. The van der Waals surface area contributed by atoms with Crippen molar-refractivity contribution in [3.63, 3.8) is 0 Å². The van der Waals surface area contributed by atoms with E-state index in [1.807, 2.05) is 18.2 Å². The van der Waals surface area contributed by atoms with Crippen LogP contribution in [0.15, 0.2) is 41.4 Å². The van der Waals surface area contributed by atoms with E-state index >= 15 is 0 Å². The molecule has 23 heavy (non-hydrogen) atoms. The van der Waals surface area contributed by atoms with E-state index in [0.717, 1.165) is 46.6 Å². The van der Waals surface area contributed by atoms with E-state index in [0.29, 0.717) is 0 Å². The van der Waals surface area contributed by atoms with E-state index in [-0.39, 0.29) is 5.91 Å². The van der Waals surface area contributed by atoms with Gasteiger partial charge in [0.15, 0.2) is 0 Å². The van der Waals surface area contributed by atoms with Crippen LogP contribution in [0.4, 0.5) is 11.4 Å². The summed E-state index contributed by atoms with van der Waals surface area (Å²) in [5.74, 6) is 0.0948. The van der Waals surface area contributed by atoms with E-state index in [1.165, 1.54) is 5.56 Å². The van der Waals surface area contributed by atoms with Crippen LogP contribution >= 0.6 is 0 Å². The second-order valence-electron chi connectivity index (χ2n) is 6.79. The van der Waals surface area contributed by atoms with Crippen LogP contribution in [0.1, 0.15) is 35.1 Å². The highest BCUT2D eigenvalue weighted by Crippen LogP contribution is 2.53. The van der Waals surface area contributed by atoms with Gasteiger partial charge in [0, 0.05) is 11.3 Å². The number of nitrogens with one attached hydrogen (secondary N) is 1. The monoisotopic (exact) mass is 304 g/mol. The highest BCUT2D eigenvalue weighted by molar-refractivity contribution is 6.28. The van der Waals surface area contributed by atoms with Gasteiger partial charge in [-0.25, -0.2) is 0 Å². The molecule has 0 aromatic heterocycles. The fraction of sp³-hybridized carbons (Fsp3) is 0.300.